The quantitative estimate of drug-likeness (QED) is 0.0660. The number of nitrogens with zero attached hydrogens (tertiary/aromatic N) is 2. The summed E-state index contributed by atoms with van der Waals surface area (Å²) in [5.74, 6) is 1.38. The van der Waals surface area contributed by atoms with Crippen LogP contribution < -0.4 is 21.3 Å². The number of rotatable bonds is 22. The number of hydrogen-bond acceptors (Lipinski definition) is 11. The van der Waals surface area contributed by atoms with Crippen molar-refractivity contribution in [2.45, 2.75) is 153 Å². The van der Waals surface area contributed by atoms with Crippen molar-refractivity contribution in [2.75, 3.05) is 45.0 Å². The molecule has 4 aliphatic heterocycles. The van der Waals surface area contributed by atoms with E-state index in [0.29, 0.717) is 42.6 Å². The fourth-order valence-corrected chi connectivity index (χ4v) is 13.8. The minimum Gasteiger partial charge on any atom is -0.381 e. The third kappa shape index (κ3) is 22.2. The zero-order chi connectivity index (χ0) is 49.2. The first-order valence-corrected chi connectivity index (χ1v) is 27.6. The van der Waals surface area contributed by atoms with E-state index in [1.807, 2.05) is 84.4 Å². The molecule has 12 nitrogen and oxygen atoms in total. The fraction of sp³-hybridized carbons (Fsp3) is 0.654. The van der Waals surface area contributed by atoms with Crippen molar-refractivity contribution in [3.8, 4) is 0 Å². The van der Waals surface area contributed by atoms with Gasteiger partial charge >= 0.3 is 0 Å². The molecule has 0 radical (unpaired) electrons. The molecular weight excluding hydrogens is 1220 g/mol. The second-order valence-electron chi connectivity index (χ2n) is 20.5. The Hall–Kier alpha value is 0.0300. The van der Waals surface area contributed by atoms with Crippen LogP contribution in [0, 0.1) is 16.7 Å². The minimum atomic E-state index is -0.644. The Morgan fingerprint density at radius 1 is 0.675 bits per heavy atom. The van der Waals surface area contributed by atoms with E-state index in [1.165, 1.54) is 0 Å². The number of carbonyl (C=O) groups excluding carboxylic acids is 4. The Bertz CT molecular complexity index is 1930. The number of nitrogens with one attached hydrogen (secondary N) is 4. The van der Waals surface area contributed by atoms with Crippen LogP contribution in [0.1, 0.15) is 123 Å². The van der Waals surface area contributed by atoms with E-state index in [0.717, 1.165) is 54.7 Å². The van der Waals surface area contributed by atoms with Gasteiger partial charge in [0.05, 0.1) is 52.1 Å². The van der Waals surface area contributed by atoms with Crippen molar-refractivity contribution < 1.29 is 28.7 Å². The number of amides is 3. The molecule has 2 aromatic rings. The zero-order valence-corrected chi connectivity index (χ0v) is 58.2. The van der Waals surface area contributed by atoms with Gasteiger partial charge in [0, 0.05) is 31.5 Å². The van der Waals surface area contributed by atoms with Crippen LogP contribution in [-0.4, -0.2) is 129 Å². The minimum absolute atomic E-state index is 0. The molecule has 0 unspecified atom stereocenters. The number of thioether (sulfide) groups is 2. The molecule has 4 heterocycles. The molecule has 4 fully saturated rings. The Balaban J connectivity index is -0.00000296. The number of ether oxygens (including phenoxy) is 2. The van der Waals surface area contributed by atoms with Crippen LogP contribution in [0.25, 0.3) is 0 Å². The van der Waals surface area contributed by atoms with Crippen LogP contribution in [0.15, 0.2) is 60.7 Å². The van der Waals surface area contributed by atoms with E-state index in [2.05, 4.69) is 62.8 Å². The average molecular weight is 1320 g/mol. The van der Waals surface area contributed by atoms with Crippen molar-refractivity contribution in [1.29, 1.82) is 0 Å². The van der Waals surface area contributed by atoms with Gasteiger partial charge in [-0.3, -0.25) is 19.2 Å². The summed E-state index contributed by atoms with van der Waals surface area (Å²) in [5.41, 5.74) is 1.14. The molecular formula is C52H94N6O6S13. The van der Waals surface area contributed by atoms with E-state index in [-0.39, 0.29) is 192 Å². The highest BCUT2D eigenvalue weighted by Gasteiger charge is 2.56. The number of Topliss-reactive ketones (excluding diaryl/α,β-unsaturated/α-hetero) is 1. The van der Waals surface area contributed by atoms with Gasteiger partial charge in [0.25, 0.3) is 0 Å². The Kier molecular flexibility index (Phi) is 42.9. The molecule has 3 amide bonds. The van der Waals surface area contributed by atoms with Gasteiger partial charge in [0.1, 0.15) is 18.1 Å². The largest absolute Gasteiger partial charge is 0.381 e. The van der Waals surface area contributed by atoms with Crippen LogP contribution in [0.2, 0.25) is 0 Å². The summed E-state index contributed by atoms with van der Waals surface area (Å²) >= 11 is 14.8. The third-order valence-electron chi connectivity index (χ3n) is 14.3. The maximum Gasteiger partial charge on any atom is 0.246 e. The summed E-state index contributed by atoms with van der Waals surface area (Å²) in [6.07, 6.45) is 5.43. The number of benzene rings is 2. The highest BCUT2D eigenvalue weighted by molar-refractivity contribution is 8.00. The van der Waals surface area contributed by atoms with E-state index in [9.17, 15) is 19.2 Å². The van der Waals surface area contributed by atoms with E-state index >= 15 is 0 Å². The molecule has 4 saturated heterocycles. The number of fused-ring (bicyclic) bond motifs is 2. The van der Waals surface area contributed by atoms with Crippen LogP contribution in [0.3, 0.4) is 0 Å². The molecule has 0 aromatic heterocycles. The van der Waals surface area contributed by atoms with Gasteiger partial charge < -0.3 is 40.5 Å². The molecule has 446 valence electrons. The van der Waals surface area contributed by atoms with Gasteiger partial charge in [-0.25, -0.2) is 0 Å². The van der Waals surface area contributed by atoms with Crippen LogP contribution >= 0.6 is 169 Å². The molecule has 4 N–H and O–H groups in total. The SMILES string of the molecule is CC[C@@H](C)C(=S)N[C@H]1CCS[C@H]2CC(C)(C)[C@@H](C(=O)N[C@H](COCCCCOC[C@@H](CC(=O)[C@H]3N4C(=O)[C@@H](NC(=S)[C@H](C)NC)CCS[C@H]4CC3(C)C)c3ccccc3)c3ccccc3)N2C1=O.S.S.S.S.S.S.S.S.S. The van der Waals surface area contributed by atoms with Gasteiger partial charge in [-0.2, -0.15) is 121 Å². The van der Waals surface area contributed by atoms with Gasteiger partial charge in [-0.15, -0.1) is 23.5 Å². The highest BCUT2D eigenvalue weighted by atomic mass is 32.2. The summed E-state index contributed by atoms with van der Waals surface area (Å²) in [5, 5.41) is 13.0. The second-order valence-corrected chi connectivity index (χ2v) is 23.9. The smallest absolute Gasteiger partial charge is 0.246 e. The number of ketones is 1. The maximum atomic E-state index is 14.6. The number of likely N-dealkylation sites (N-methyl/N-ethyl adjacent to an activating group) is 1. The van der Waals surface area contributed by atoms with Crippen molar-refractivity contribution in [3.05, 3.63) is 71.8 Å². The number of thiocarbonyl (C=S) groups is 2. The highest BCUT2D eigenvalue weighted by Crippen LogP contribution is 2.48. The lowest BCUT2D eigenvalue weighted by Gasteiger charge is -2.35. The fourth-order valence-electron chi connectivity index (χ4n) is 10.1. The molecule has 4 aliphatic rings. The van der Waals surface area contributed by atoms with Gasteiger partial charge in [0.2, 0.25) is 17.7 Å². The van der Waals surface area contributed by atoms with Crippen LogP contribution in [-0.2, 0) is 28.7 Å². The number of unbranched alkanes of at least 4 members (excludes halogenated alkanes) is 1. The molecule has 77 heavy (non-hydrogen) atoms. The topological polar surface area (TPSA) is 141 Å². The molecule has 6 rings (SSSR count). The Morgan fingerprint density at radius 3 is 1.60 bits per heavy atom. The Labute approximate surface area is 543 Å². The summed E-state index contributed by atoms with van der Waals surface area (Å²) in [4.78, 5) is 62.5. The maximum absolute atomic E-state index is 14.6. The molecule has 0 spiro atoms. The lowest BCUT2D eigenvalue weighted by molar-refractivity contribution is -0.142. The van der Waals surface area contributed by atoms with Gasteiger partial charge in [-0.05, 0) is 92.4 Å². The van der Waals surface area contributed by atoms with Crippen molar-refractivity contribution in [1.82, 2.24) is 31.1 Å². The van der Waals surface area contributed by atoms with Crippen LogP contribution in [0.5, 0.6) is 0 Å². The summed E-state index contributed by atoms with van der Waals surface area (Å²) in [7, 11) is 1.84. The first-order valence-electron chi connectivity index (χ1n) is 24.7. The molecule has 0 saturated carbocycles. The zero-order valence-electron chi connectivity index (χ0n) is 45.9. The standard InChI is InChI=1S/C52H76N6O6S4.9H2S/c1-9-33(2)47(65)55-38-22-26-68-43-30-52(6,7)45(58(43)50(38)62)46(60)54-40(36-20-14-11-15-21-36)32-64-25-17-16-24-63-31-37(35-18-12-10-13-19-35)28-41(59)44-51(4,5)29-42-57(44)49(61)39(23-27-67-42)56-48(66)34(3)53-8;;;;;;;;;/h10-15,18-21,33-34,37-40,42-45,53H,9,16-17,22-32H2,1-8H3,(H,54,60)(H,55,65)(H,56,66);9*1H2/t33-,34+,37-,38+,39+,40-,42+,43+,44-,45-;;;;;;;;;/m1........./s1. The number of carbonyl (C=O) groups is 4. The summed E-state index contributed by atoms with van der Waals surface area (Å²) < 4.78 is 12.6. The first kappa shape index (κ1) is 83.5. The predicted molar refractivity (Wildman–Crippen MR) is 377 cm³/mol. The molecule has 10 atom stereocenters. The second kappa shape index (κ2) is 39.5. The summed E-state index contributed by atoms with van der Waals surface area (Å²) in [6, 6.07) is 17.3. The van der Waals surface area contributed by atoms with E-state index in [4.69, 9.17) is 33.9 Å². The summed E-state index contributed by atoms with van der Waals surface area (Å²) in [6.45, 7) is 16.1. The molecule has 0 bridgehead atoms. The average Bonchev–Trinajstić information content (AvgIpc) is 3.64. The van der Waals surface area contributed by atoms with Crippen molar-refractivity contribution in [2.24, 2.45) is 16.7 Å². The van der Waals surface area contributed by atoms with Gasteiger partial charge in [-0.1, -0.05) is 127 Å². The third-order valence-corrected chi connectivity index (χ3v) is 17.8. The number of hydrogen-bond donors (Lipinski definition) is 4. The Morgan fingerprint density at radius 2 is 1.12 bits per heavy atom. The van der Waals surface area contributed by atoms with E-state index < -0.39 is 35.6 Å². The monoisotopic (exact) mass is 1310 g/mol. The van der Waals surface area contributed by atoms with Crippen molar-refractivity contribution >= 4 is 203 Å². The molecule has 25 heteroatoms. The van der Waals surface area contributed by atoms with Crippen LogP contribution in [0.4, 0.5) is 0 Å². The van der Waals surface area contributed by atoms with E-state index in [1.54, 1.807) is 23.5 Å². The lowest BCUT2D eigenvalue weighted by Crippen LogP contribution is -2.57. The molecule has 0 aliphatic carbocycles. The van der Waals surface area contributed by atoms with Crippen molar-refractivity contribution in [3.63, 3.8) is 0 Å². The lowest BCUT2D eigenvalue weighted by atomic mass is 9.79. The van der Waals surface area contributed by atoms with Gasteiger partial charge in [0.15, 0.2) is 5.78 Å². The molecule has 2 aromatic carbocycles. The first-order chi connectivity index (χ1) is 32.5. The normalized spacial score (nSPS) is 23.0. The predicted octanol–water partition coefficient (Wildman–Crippen LogP) is 8.82.